The fraction of sp³-hybridized carbons (Fsp3) is 0.828. The number of Topliss-reactive ketones (excluding diaryl/α,β-unsaturated/α-hetero) is 1. The van der Waals surface area contributed by atoms with Crippen LogP contribution in [0.2, 0.25) is 0 Å². The minimum absolute atomic E-state index is 0.281. The maximum atomic E-state index is 12.3. The van der Waals surface area contributed by atoms with E-state index in [1.54, 1.807) is 0 Å². The fourth-order valence-electron chi connectivity index (χ4n) is 8.38. The highest BCUT2D eigenvalue weighted by Gasteiger charge is 2.56. The number of carbonyl (C=O) groups is 1. The molecule has 0 aromatic carbocycles. The molecule has 0 bridgehead atoms. The maximum absolute atomic E-state index is 12.3. The van der Waals surface area contributed by atoms with Crippen molar-refractivity contribution in [2.45, 2.75) is 106 Å². The van der Waals surface area contributed by atoms with Gasteiger partial charge in [-0.05, 0) is 96.9 Å². The molecule has 0 aliphatic heterocycles. The zero-order chi connectivity index (χ0) is 21.8. The predicted octanol–water partition coefficient (Wildman–Crippen LogP) is 8.15. The van der Waals surface area contributed by atoms with Crippen LogP contribution < -0.4 is 0 Å². The molecule has 0 heterocycles. The molecule has 1 nitrogen and oxygen atoms in total. The van der Waals surface area contributed by atoms with Crippen LogP contribution in [-0.2, 0) is 4.79 Å². The monoisotopic (exact) mass is 410 g/mol. The van der Waals surface area contributed by atoms with Crippen LogP contribution in [0.4, 0.5) is 0 Å². The molecule has 3 fully saturated rings. The Morgan fingerprint density at radius 2 is 1.67 bits per heavy atom. The minimum atomic E-state index is 0.281. The standard InChI is InChI=1S/C29H46O/c1-18(2)19(3)8-9-20(4)23-12-13-25-22-10-11-24-21(5)27(30)15-17-29(24,7)26(22)14-16-28(23,25)6/h18-20,23-24,26H,5,8-17H2,1-4,6-7H3/t19-,20-,23-,24+,26+,28-,29+/m1/s1. The van der Waals surface area contributed by atoms with Gasteiger partial charge in [-0.3, -0.25) is 4.79 Å². The molecule has 7 atom stereocenters. The van der Waals surface area contributed by atoms with Gasteiger partial charge < -0.3 is 0 Å². The van der Waals surface area contributed by atoms with Crippen molar-refractivity contribution in [1.29, 1.82) is 0 Å². The quantitative estimate of drug-likeness (QED) is 0.330. The van der Waals surface area contributed by atoms with Crippen LogP contribution in [0.25, 0.3) is 0 Å². The number of rotatable bonds is 5. The average Bonchev–Trinajstić information content (AvgIpc) is 3.06. The van der Waals surface area contributed by atoms with Gasteiger partial charge in [0.1, 0.15) is 0 Å². The van der Waals surface area contributed by atoms with Gasteiger partial charge >= 0.3 is 0 Å². The highest BCUT2D eigenvalue weighted by molar-refractivity contribution is 5.96. The summed E-state index contributed by atoms with van der Waals surface area (Å²) in [6.45, 7) is 19.1. The molecule has 0 aromatic rings. The first-order valence-corrected chi connectivity index (χ1v) is 13.0. The number of allylic oxidation sites excluding steroid dienone is 3. The number of hydrogen-bond acceptors (Lipinski definition) is 1. The van der Waals surface area contributed by atoms with Gasteiger partial charge in [0.25, 0.3) is 0 Å². The molecule has 4 aliphatic rings. The highest BCUT2D eigenvalue weighted by atomic mass is 16.1. The molecule has 0 saturated heterocycles. The lowest BCUT2D eigenvalue weighted by atomic mass is 9.48. The van der Waals surface area contributed by atoms with E-state index in [1.807, 2.05) is 11.1 Å². The summed E-state index contributed by atoms with van der Waals surface area (Å²) in [5.74, 6) is 4.84. The Morgan fingerprint density at radius 3 is 2.37 bits per heavy atom. The zero-order valence-electron chi connectivity index (χ0n) is 20.7. The third-order valence-corrected chi connectivity index (χ3v) is 10.8. The van der Waals surface area contributed by atoms with Gasteiger partial charge in [0.15, 0.2) is 5.78 Å². The largest absolute Gasteiger partial charge is 0.295 e. The summed E-state index contributed by atoms with van der Waals surface area (Å²) in [5.41, 5.74) is 5.39. The van der Waals surface area contributed by atoms with Gasteiger partial charge in [-0.15, -0.1) is 0 Å². The van der Waals surface area contributed by atoms with E-state index in [-0.39, 0.29) is 5.41 Å². The number of ketones is 1. The number of carbonyl (C=O) groups excluding carboxylic acids is 1. The summed E-state index contributed by atoms with van der Waals surface area (Å²) in [6.07, 6.45) is 12.5. The van der Waals surface area contributed by atoms with Gasteiger partial charge in [-0.1, -0.05) is 72.1 Å². The molecule has 3 saturated carbocycles. The predicted molar refractivity (Wildman–Crippen MR) is 127 cm³/mol. The van der Waals surface area contributed by atoms with Gasteiger partial charge in [-0.25, -0.2) is 0 Å². The Kier molecular flexibility index (Phi) is 5.91. The Balaban J connectivity index is 1.56. The van der Waals surface area contributed by atoms with E-state index in [4.69, 9.17) is 0 Å². The molecule has 0 amide bonds. The van der Waals surface area contributed by atoms with Crippen molar-refractivity contribution in [2.24, 2.45) is 46.3 Å². The van der Waals surface area contributed by atoms with Crippen molar-refractivity contribution in [1.82, 2.24) is 0 Å². The summed E-state index contributed by atoms with van der Waals surface area (Å²) < 4.78 is 0. The third kappa shape index (κ3) is 3.38. The lowest BCUT2D eigenvalue weighted by Gasteiger charge is -2.56. The zero-order valence-corrected chi connectivity index (χ0v) is 20.7. The molecule has 0 N–H and O–H groups in total. The topological polar surface area (TPSA) is 17.1 Å². The van der Waals surface area contributed by atoms with E-state index < -0.39 is 0 Å². The Labute approximate surface area is 186 Å². The van der Waals surface area contributed by atoms with Crippen LogP contribution in [0.5, 0.6) is 0 Å². The second-order valence-electron chi connectivity index (χ2n) is 12.5. The van der Waals surface area contributed by atoms with Crippen molar-refractivity contribution in [3.63, 3.8) is 0 Å². The molecule has 4 rings (SSSR count). The molecule has 0 spiro atoms. The minimum Gasteiger partial charge on any atom is -0.295 e. The summed E-state index contributed by atoms with van der Waals surface area (Å²) >= 11 is 0. The van der Waals surface area contributed by atoms with E-state index in [9.17, 15) is 4.79 Å². The molecular weight excluding hydrogens is 364 g/mol. The Bertz CT molecular complexity index is 741. The van der Waals surface area contributed by atoms with E-state index in [1.165, 1.54) is 51.4 Å². The van der Waals surface area contributed by atoms with E-state index >= 15 is 0 Å². The first kappa shape index (κ1) is 22.3. The molecule has 0 unspecified atom stereocenters. The van der Waals surface area contributed by atoms with E-state index in [2.05, 4.69) is 48.1 Å². The third-order valence-electron chi connectivity index (χ3n) is 10.8. The van der Waals surface area contributed by atoms with Gasteiger partial charge in [0.2, 0.25) is 0 Å². The average molecular weight is 411 g/mol. The van der Waals surface area contributed by atoms with Crippen molar-refractivity contribution in [2.75, 3.05) is 0 Å². The van der Waals surface area contributed by atoms with Crippen LogP contribution in [0.3, 0.4) is 0 Å². The fourth-order valence-corrected chi connectivity index (χ4v) is 8.38. The number of hydrogen-bond donors (Lipinski definition) is 0. The lowest BCUT2D eigenvalue weighted by Crippen LogP contribution is -2.48. The van der Waals surface area contributed by atoms with Crippen LogP contribution in [0.1, 0.15) is 106 Å². The highest BCUT2D eigenvalue weighted by Crippen LogP contribution is 2.66. The van der Waals surface area contributed by atoms with Crippen molar-refractivity contribution >= 4 is 5.78 Å². The van der Waals surface area contributed by atoms with Crippen molar-refractivity contribution in [3.05, 3.63) is 23.3 Å². The summed E-state index contributed by atoms with van der Waals surface area (Å²) in [5, 5.41) is 0. The van der Waals surface area contributed by atoms with Crippen LogP contribution in [0, 0.1) is 46.3 Å². The molecule has 0 radical (unpaired) electrons. The molecule has 4 aliphatic carbocycles. The smallest absolute Gasteiger partial charge is 0.158 e. The summed E-state index contributed by atoms with van der Waals surface area (Å²) in [6, 6.07) is 0. The summed E-state index contributed by atoms with van der Waals surface area (Å²) in [4.78, 5) is 12.3. The molecule has 1 heteroatoms. The van der Waals surface area contributed by atoms with Crippen LogP contribution in [0.15, 0.2) is 23.3 Å². The molecule has 168 valence electrons. The molecule has 30 heavy (non-hydrogen) atoms. The van der Waals surface area contributed by atoms with Crippen molar-refractivity contribution < 1.29 is 4.79 Å². The van der Waals surface area contributed by atoms with Crippen LogP contribution in [-0.4, -0.2) is 5.78 Å². The SMILES string of the molecule is C=C1C(=O)CC[C@@]2(C)[C@H]1CCC1=C3CC[C@H]([C@H](C)CC[C@@H](C)C(C)C)[C@@]3(C)CC[C@@H]12. The molecule has 0 aromatic heterocycles. The maximum Gasteiger partial charge on any atom is 0.158 e. The Morgan fingerprint density at radius 1 is 0.933 bits per heavy atom. The lowest BCUT2D eigenvalue weighted by molar-refractivity contribution is -0.120. The van der Waals surface area contributed by atoms with Gasteiger partial charge in [0.05, 0.1) is 0 Å². The van der Waals surface area contributed by atoms with E-state index in [0.29, 0.717) is 23.0 Å². The second kappa shape index (κ2) is 7.93. The molecular formula is C29H46O. The normalized spacial score (nSPS) is 40.8. The van der Waals surface area contributed by atoms with Crippen molar-refractivity contribution in [3.8, 4) is 0 Å². The van der Waals surface area contributed by atoms with Gasteiger partial charge in [-0.2, -0.15) is 0 Å². The Hall–Kier alpha value is -0.850. The van der Waals surface area contributed by atoms with Gasteiger partial charge in [0, 0.05) is 6.42 Å². The first-order valence-electron chi connectivity index (χ1n) is 13.0. The first-order chi connectivity index (χ1) is 14.1. The number of fused-ring (bicyclic) bond motifs is 4. The second-order valence-corrected chi connectivity index (χ2v) is 12.5. The summed E-state index contributed by atoms with van der Waals surface area (Å²) in [7, 11) is 0. The van der Waals surface area contributed by atoms with Crippen LogP contribution >= 0.6 is 0 Å². The van der Waals surface area contributed by atoms with E-state index in [0.717, 1.165) is 42.1 Å².